The van der Waals surface area contributed by atoms with Crippen molar-refractivity contribution in [2.24, 2.45) is 0 Å². The van der Waals surface area contributed by atoms with E-state index in [1.165, 1.54) is 10.7 Å². The second-order valence-corrected chi connectivity index (χ2v) is 6.08. The Labute approximate surface area is 157 Å². The van der Waals surface area contributed by atoms with Crippen molar-refractivity contribution in [3.05, 3.63) is 82.1 Å². The molecule has 0 atom stereocenters. The maximum Gasteiger partial charge on any atom is 0.266 e. The molecule has 0 aliphatic rings. The molecule has 1 amide bonds. The Morgan fingerprint density at radius 3 is 2.52 bits per heavy atom. The molecule has 0 aliphatic carbocycles. The third kappa shape index (κ3) is 4.41. The van der Waals surface area contributed by atoms with Gasteiger partial charge in [0.25, 0.3) is 11.5 Å². The Kier molecular flexibility index (Phi) is 5.66. The fourth-order valence-corrected chi connectivity index (χ4v) is 2.72. The van der Waals surface area contributed by atoms with Crippen molar-refractivity contribution in [2.75, 3.05) is 13.7 Å². The average molecular weight is 363 g/mol. The molecule has 1 N–H and O–H groups in total. The molecular weight excluding hydrogens is 342 g/mol. The lowest BCUT2D eigenvalue weighted by molar-refractivity contribution is 0.0951. The number of methoxy groups -OCH3 is 1. The predicted octanol–water partition coefficient (Wildman–Crippen LogP) is 2.66. The van der Waals surface area contributed by atoms with Crippen LogP contribution in [0.15, 0.2) is 65.5 Å². The Morgan fingerprint density at radius 1 is 1.07 bits per heavy atom. The van der Waals surface area contributed by atoms with E-state index in [1.807, 2.05) is 49.4 Å². The van der Waals surface area contributed by atoms with E-state index < -0.39 is 0 Å². The second kappa shape index (κ2) is 8.31. The van der Waals surface area contributed by atoms with Gasteiger partial charge in [-0.2, -0.15) is 5.10 Å². The Hall–Kier alpha value is -3.41. The summed E-state index contributed by atoms with van der Waals surface area (Å²) in [5.74, 6) is 0.596. The summed E-state index contributed by atoms with van der Waals surface area (Å²) < 4.78 is 6.51. The highest BCUT2D eigenvalue weighted by Crippen LogP contribution is 2.19. The number of benzene rings is 2. The maximum atomic E-state index is 12.3. The zero-order valence-electron chi connectivity index (χ0n) is 15.3. The quantitative estimate of drug-likeness (QED) is 0.731. The van der Waals surface area contributed by atoms with E-state index in [-0.39, 0.29) is 11.5 Å². The molecule has 138 valence electrons. The number of carbonyl (C=O) groups excluding carboxylic acids is 1. The van der Waals surface area contributed by atoms with Gasteiger partial charge in [0.05, 0.1) is 19.3 Å². The molecule has 6 heteroatoms. The number of ether oxygens (including phenoxy) is 1. The van der Waals surface area contributed by atoms with Gasteiger partial charge >= 0.3 is 0 Å². The van der Waals surface area contributed by atoms with Gasteiger partial charge in [0.1, 0.15) is 5.75 Å². The molecule has 2 aromatic carbocycles. The third-order valence-electron chi connectivity index (χ3n) is 4.25. The first-order valence-corrected chi connectivity index (χ1v) is 8.65. The standard InChI is InChI=1S/C21H21N3O3/c1-15-5-3-4-6-18(15)21(26)22-13-14-24-20(25)12-11-19(23-24)16-7-9-17(27-2)10-8-16/h3-12H,13-14H2,1-2H3,(H,22,26). The summed E-state index contributed by atoms with van der Waals surface area (Å²) in [6.45, 7) is 2.49. The fourth-order valence-electron chi connectivity index (χ4n) is 2.72. The zero-order chi connectivity index (χ0) is 19.2. The van der Waals surface area contributed by atoms with Crippen LogP contribution in [-0.4, -0.2) is 29.3 Å². The van der Waals surface area contributed by atoms with Gasteiger partial charge in [0.2, 0.25) is 0 Å². The van der Waals surface area contributed by atoms with Gasteiger partial charge in [-0.15, -0.1) is 0 Å². The molecule has 0 saturated carbocycles. The van der Waals surface area contributed by atoms with E-state index in [9.17, 15) is 9.59 Å². The lowest BCUT2D eigenvalue weighted by Gasteiger charge is -2.10. The maximum absolute atomic E-state index is 12.3. The van der Waals surface area contributed by atoms with Crippen molar-refractivity contribution in [1.82, 2.24) is 15.1 Å². The van der Waals surface area contributed by atoms with Crippen LogP contribution < -0.4 is 15.6 Å². The minimum Gasteiger partial charge on any atom is -0.497 e. The zero-order valence-corrected chi connectivity index (χ0v) is 15.3. The summed E-state index contributed by atoms with van der Waals surface area (Å²) >= 11 is 0. The van der Waals surface area contributed by atoms with Crippen LogP contribution in [0.3, 0.4) is 0 Å². The van der Waals surface area contributed by atoms with Gasteiger partial charge in [-0.3, -0.25) is 9.59 Å². The van der Waals surface area contributed by atoms with Gasteiger partial charge in [-0.25, -0.2) is 4.68 Å². The lowest BCUT2D eigenvalue weighted by Crippen LogP contribution is -2.32. The molecule has 0 radical (unpaired) electrons. The number of hydrogen-bond acceptors (Lipinski definition) is 4. The number of carbonyl (C=O) groups is 1. The monoisotopic (exact) mass is 363 g/mol. The van der Waals surface area contributed by atoms with E-state index in [1.54, 1.807) is 19.2 Å². The van der Waals surface area contributed by atoms with Gasteiger partial charge in [-0.1, -0.05) is 18.2 Å². The minimum absolute atomic E-state index is 0.160. The first-order valence-electron chi connectivity index (χ1n) is 8.65. The highest BCUT2D eigenvalue weighted by molar-refractivity contribution is 5.95. The SMILES string of the molecule is COc1ccc(-c2ccc(=O)n(CCNC(=O)c3ccccc3C)n2)cc1. The van der Waals surface area contributed by atoms with Gasteiger partial charge < -0.3 is 10.1 Å². The van der Waals surface area contributed by atoms with E-state index in [0.717, 1.165) is 16.9 Å². The van der Waals surface area contributed by atoms with Crippen LogP contribution in [0.2, 0.25) is 0 Å². The van der Waals surface area contributed by atoms with Crippen LogP contribution in [0, 0.1) is 6.92 Å². The summed E-state index contributed by atoms with van der Waals surface area (Å²) in [7, 11) is 1.61. The molecule has 0 fully saturated rings. The smallest absolute Gasteiger partial charge is 0.266 e. The van der Waals surface area contributed by atoms with Crippen LogP contribution in [-0.2, 0) is 6.54 Å². The second-order valence-electron chi connectivity index (χ2n) is 6.08. The number of rotatable bonds is 6. The van der Waals surface area contributed by atoms with Gasteiger partial charge in [0, 0.05) is 23.7 Å². The van der Waals surface area contributed by atoms with Crippen molar-refractivity contribution >= 4 is 5.91 Å². The summed E-state index contributed by atoms with van der Waals surface area (Å²) in [6, 6.07) is 18.0. The van der Waals surface area contributed by atoms with Crippen molar-refractivity contribution in [2.45, 2.75) is 13.5 Å². The van der Waals surface area contributed by atoms with E-state index in [0.29, 0.717) is 24.3 Å². The molecule has 6 nitrogen and oxygen atoms in total. The molecule has 0 spiro atoms. The largest absolute Gasteiger partial charge is 0.497 e. The number of nitrogens with one attached hydrogen (secondary N) is 1. The molecule has 1 aromatic heterocycles. The number of nitrogens with zero attached hydrogens (tertiary/aromatic N) is 2. The summed E-state index contributed by atoms with van der Waals surface area (Å²) in [5, 5.41) is 7.23. The minimum atomic E-state index is -0.211. The van der Waals surface area contributed by atoms with Crippen molar-refractivity contribution < 1.29 is 9.53 Å². The highest BCUT2D eigenvalue weighted by Gasteiger charge is 2.08. The fraction of sp³-hybridized carbons (Fsp3) is 0.190. The average Bonchev–Trinajstić information content (AvgIpc) is 2.69. The first-order chi connectivity index (χ1) is 13.1. The number of hydrogen-bond donors (Lipinski definition) is 1. The number of aryl methyl sites for hydroxylation is 1. The summed E-state index contributed by atoms with van der Waals surface area (Å²) in [4.78, 5) is 24.3. The molecule has 3 aromatic rings. The number of amides is 1. The molecule has 0 bridgehead atoms. The van der Waals surface area contributed by atoms with Crippen molar-refractivity contribution in [1.29, 1.82) is 0 Å². The molecule has 0 unspecified atom stereocenters. The lowest BCUT2D eigenvalue weighted by atomic mass is 10.1. The van der Waals surface area contributed by atoms with E-state index in [4.69, 9.17) is 4.74 Å². The normalized spacial score (nSPS) is 10.4. The molecule has 0 saturated heterocycles. The van der Waals surface area contributed by atoms with Crippen LogP contribution >= 0.6 is 0 Å². The molecule has 0 aliphatic heterocycles. The topological polar surface area (TPSA) is 73.2 Å². The molecule has 3 rings (SSSR count). The Balaban J connectivity index is 1.69. The third-order valence-corrected chi connectivity index (χ3v) is 4.25. The Bertz CT molecular complexity index is 994. The van der Waals surface area contributed by atoms with Crippen molar-refractivity contribution in [3.63, 3.8) is 0 Å². The summed E-state index contributed by atoms with van der Waals surface area (Å²) in [5.41, 5.74) is 2.89. The molecule has 27 heavy (non-hydrogen) atoms. The predicted molar refractivity (Wildman–Crippen MR) is 104 cm³/mol. The van der Waals surface area contributed by atoms with Gasteiger partial charge in [-0.05, 0) is 48.9 Å². The number of aromatic nitrogens is 2. The van der Waals surface area contributed by atoms with E-state index in [2.05, 4.69) is 10.4 Å². The van der Waals surface area contributed by atoms with Crippen LogP contribution in [0.25, 0.3) is 11.3 Å². The van der Waals surface area contributed by atoms with Crippen LogP contribution in [0.1, 0.15) is 15.9 Å². The van der Waals surface area contributed by atoms with Crippen LogP contribution in [0.5, 0.6) is 5.75 Å². The Morgan fingerprint density at radius 2 is 1.81 bits per heavy atom. The first kappa shape index (κ1) is 18.4. The summed E-state index contributed by atoms with van der Waals surface area (Å²) in [6.07, 6.45) is 0. The molecule has 1 heterocycles. The highest BCUT2D eigenvalue weighted by atomic mass is 16.5. The van der Waals surface area contributed by atoms with Crippen molar-refractivity contribution in [3.8, 4) is 17.0 Å². The van der Waals surface area contributed by atoms with Crippen LogP contribution in [0.4, 0.5) is 0 Å². The van der Waals surface area contributed by atoms with Gasteiger partial charge in [0.15, 0.2) is 0 Å². The van der Waals surface area contributed by atoms with E-state index >= 15 is 0 Å². The molecular formula is C21H21N3O3.